The number of Topliss-reactive ketones (excluding diaryl/α,β-unsaturated/α-hetero) is 1. The predicted molar refractivity (Wildman–Crippen MR) is 275 cm³/mol. The summed E-state index contributed by atoms with van der Waals surface area (Å²) in [4.78, 5) is 157. The quantitative estimate of drug-likeness (QED) is 0.0717. The molecule has 3 aliphatic rings. The van der Waals surface area contributed by atoms with Gasteiger partial charge >= 0.3 is 5.97 Å². The van der Waals surface area contributed by atoms with Crippen molar-refractivity contribution in [1.82, 2.24) is 41.7 Å². The molecule has 3 aliphatic heterocycles. The highest BCUT2D eigenvalue weighted by Gasteiger charge is 2.46. The Labute approximate surface area is 443 Å². The number of hydrogen-bond acceptors (Lipinski definition) is 14. The van der Waals surface area contributed by atoms with Crippen molar-refractivity contribution in [3.05, 3.63) is 59.3 Å². The van der Waals surface area contributed by atoms with Gasteiger partial charge in [0, 0.05) is 38.6 Å². The van der Waals surface area contributed by atoms with E-state index in [9.17, 15) is 57.8 Å². The van der Waals surface area contributed by atoms with E-state index in [1.807, 2.05) is 13.8 Å². The molecule has 9 N–H and O–H groups in total. The van der Waals surface area contributed by atoms with Crippen LogP contribution in [0.2, 0.25) is 0 Å². The van der Waals surface area contributed by atoms with E-state index in [0.717, 1.165) is 4.90 Å². The number of aliphatic hydroxyl groups is 1. The number of aliphatic hydroxyl groups excluding tert-OH is 1. The molecular weight excluding hydrogens is 987 g/mol. The second-order valence-corrected chi connectivity index (χ2v) is 20.0. The fourth-order valence-corrected chi connectivity index (χ4v) is 9.28. The second kappa shape index (κ2) is 28.8. The van der Waals surface area contributed by atoms with Crippen LogP contribution >= 0.6 is 0 Å². The third-order valence-corrected chi connectivity index (χ3v) is 13.9. The van der Waals surface area contributed by atoms with Crippen LogP contribution in [0.1, 0.15) is 106 Å². The average Bonchev–Trinajstić information content (AvgIpc) is 3.99. The van der Waals surface area contributed by atoms with Crippen molar-refractivity contribution in [3.63, 3.8) is 0 Å². The third-order valence-electron chi connectivity index (χ3n) is 13.9. The van der Waals surface area contributed by atoms with Crippen LogP contribution in [0.4, 0.5) is 0 Å². The van der Waals surface area contributed by atoms with Gasteiger partial charge in [0.25, 0.3) is 5.91 Å². The minimum absolute atomic E-state index is 0.0615. The van der Waals surface area contributed by atoms with Gasteiger partial charge in [-0.3, -0.25) is 47.9 Å². The standard InChI is InChI=1S/C53H77N9O14/c1-10-13-17-30(6)45(66)60-43-32(8)76-53(74)40-24-34(63)26-62(40)52(73)36(20-21-41(54)64)56-49(70)42(29(5)11-2)59-46(67)35(12-3)55-48(69)39-22-28(4)25-61(39)51(72)31(7)44(65)37(23-33-18-15-14-16-19-33)57-47(68)38(27-75-9)58-50(43)71/h12,14-19,28-29,31-32,34,36-40,42-43,63H,10-11,13,20-27H2,1-9H3,(H2,54,64)(H,55,69)(H,56,70)(H,57,68)(H,58,71)(H,59,67)(H,60,66)/b30-17-,35-12+/t28-,29-,31?,32-,34+,36-,37?,38-,39-,40-,42-,43+/m0/s1. The molecule has 2 unspecified atom stereocenters. The summed E-state index contributed by atoms with van der Waals surface area (Å²) in [7, 11) is 1.25. The number of benzene rings is 1. The van der Waals surface area contributed by atoms with Crippen molar-refractivity contribution in [3.8, 4) is 0 Å². The monoisotopic (exact) mass is 1060 g/mol. The number of nitrogens with one attached hydrogen (secondary N) is 6. The topological polar surface area (TPSA) is 331 Å². The number of nitrogens with zero attached hydrogens (tertiary/aromatic N) is 2. The smallest absolute Gasteiger partial charge is 0.329 e. The van der Waals surface area contributed by atoms with E-state index >= 15 is 0 Å². The number of cyclic esters (lactones) is 1. The van der Waals surface area contributed by atoms with Gasteiger partial charge in [-0.05, 0) is 70.8 Å². The number of methoxy groups -OCH3 is 1. The summed E-state index contributed by atoms with van der Waals surface area (Å²) in [5, 5.41) is 26.5. The zero-order valence-corrected chi connectivity index (χ0v) is 45.0. The molecule has 0 spiro atoms. The van der Waals surface area contributed by atoms with Crippen LogP contribution in [0.15, 0.2) is 53.8 Å². The number of nitrogens with two attached hydrogens (primary N) is 1. The van der Waals surface area contributed by atoms with E-state index in [1.54, 1.807) is 50.3 Å². The maximum atomic E-state index is 14.6. The summed E-state index contributed by atoms with van der Waals surface area (Å²) in [5.74, 6) is -11.9. The van der Waals surface area contributed by atoms with Crippen molar-refractivity contribution in [1.29, 1.82) is 0 Å². The van der Waals surface area contributed by atoms with E-state index in [1.165, 1.54) is 45.8 Å². The van der Waals surface area contributed by atoms with Crippen LogP contribution < -0.4 is 37.6 Å². The van der Waals surface area contributed by atoms with E-state index in [-0.39, 0.29) is 49.4 Å². The Balaban J connectivity index is 1.86. The first-order valence-corrected chi connectivity index (χ1v) is 26.0. The highest BCUT2D eigenvalue weighted by molar-refractivity contribution is 6.07. The lowest BCUT2D eigenvalue weighted by Crippen LogP contribution is -2.61. The number of allylic oxidation sites excluding steroid dienone is 2. The molecule has 3 fully saturated rings. The second-order valence-electron chi connectivity index (χ2n) is 20.0. The first kappa shape index (κ1) is 61.5. The van der Waals surface area contributed by atoms with Crippen LogP contribution in [0.3, 0.4) is 0 Å². The molecule has 0 aromatic heterocycles. The molecule has 12 atom stereocenters. The third kappa shape index (κ3) is 16.5. The van der Waals surface area contributed by atoms with Crippen molar-refractivity contribution < 1.29 is 67.3 Å². The number of primary amides is 1. The van der Waals surface area contributed by atoms with Gasteiger partial charge in [0.2, 0.25) is 47.3 Å². The van der Waals surface area contributed by atoms with E-state index < -0.39 is 151 Å². The molecule has 23 nitrogen and oxygen atoms in total. The summed E-state index contributed by atoms with van der Waals surface area (Å²) in [5.41, 5.74) is 6.01. The lowest BCUT2D eigenvalue weighted by Gasteiger charge is -2.32. The van der Waals surface area contributed by atoms with Gasteiger partial charge in [0.1, 0.15) is 48.1 Å². The molecular formula is C53H77N9O14. The van der Waals surface area contributed by atoms with Gasteiger partial charge in [-0.25, -0.2) is 4.79 Å². The number of unbranched alkanes of at least 4 members (excludes halogenated alkanes) is 1. The van der Waals surface area contributed by atoms with E-state index in [2.05, 4.69) is 31.9 Å². The number of carbonyl (C=O) groups is 11. The lowest BCUT2D eigenvalue weighted by atomic mass is 9.93. The molecule has 0 saturated carbocycles. The van der Waals surface area contributed by atoms with Crippen molar-refractivity contribution in [2.24, 2.45) is 23.5 Å². The predicted octanol–water partition coefficient (Wildman–Crippen LogP) is -0.273. The number of amides is 9. The summed E-state index contributed by atoms with van der Waals surface area (Å²) in [6.45, 7) is 11.9. The van der Waals surface area contributed by atoms with Crippen molar-refractivity contribution >= 4 is 64.9 Å². The molecule has 9 amide bonds. The normalized spacial score (nSPS) is 29.2. The molecule has 1 aromatic carbocycles. The van der Waals surface area contributed by atoms with Gasteiger partial charge in [-0.15, -0.1) is 0 Å². The van der Waals surface area contributed by atoms with Crippen LogP contribution in [0.5, 0.6) is 0 Å². The summed E-state index contributed by atoms with van der Waals surface area (Å²) in [6.07, 6.45) is 0.522. The average molecular weight is 1060 g/mol. The largest absolute Gasteiger partial charge is 0.458 e. The first-order chi connectivity index (χ1) is 36.0. The molecule has 23 heteroatoms. The number of esters is 1. The highest BCUT2D eigenvalue weighted by Crippen LogP contribution is 2.27. The van der Waals surface area contributed by atoms with Crippen LogP contribution in [-0.2, 0) is 68.6 Å². The highest BCUT2D eigenvalue weighted by atomic mass is 16.5. The number of hydrogen-bond donors (Lipinski definition) is 8. The molecule has 0 bridgehead atoms. The molecule has 0 aliphatic carbocycles. The molecule has 76 heavy (non-hydrogen) atoms. The van der Waals surface area contributed by atoms with E-state index in [4.69, 9.17) is 15.2 Å². The van der Waals surface area contributed by atoms with Crippen molar-refractivity contribution in [2.45, 2.75) is 161 Å². The number of ketones is 1. The maximum Gasteiger partial charge on any atom is 0.329 e. The summed E-state index contributed by atoms with van der Waals surface area (Å²) >= 11 is 0. The van der Waals surface area contributed by atoms with Gasteiger partial charge in [0.05, 0.1) is 24.7 Å². The van der Waals surface area contributed by atoms with E-state index in [0.29, 0.717) is 24.8 Å². The maximum absolute atomic E-state index is 14.6. The van der Waals surface area contributed by atoms with Gasteiger partial charge in [-0.1, -0.05) is 83.0 Å². The minimum atomic E-state index is -1.72. The Bertz CT molecular complexity index is 2380. The molecule has 0 radical (unpaired) electrons. The number of rotatable bonds is 13. The fourth-order valence-electron chi connectivity index (χ4n) is 9.28. The fraction of sp³-hybridized carbons (Fsp3) is 0.604. The Kier molecular flexibility index (Phi) is 23.3. The SMILES string of the molecule is C/C=C1/NC(=O)[C@@H]2C[C@H](C)CN2C(=O)C(C)C(=O)C(Cc2ccccc2)NC(=O)[C@H](COC)NC(=O)[C@H](NC(=O)/C(C)=C\CCC)[C@H](C)OC(=O)[C@@H]2C[C@@H](O)CN2C(=O)[C@H](CCC(N)=O)NC(=O)[C@H]([C@@H](C)CC)NC1=O. The number of carbonyl (C=O) groups excluding carboxylic acids is 11. The van der Waals surface area contributed by atoms with Crippen LogP contribution in [0, 0.1) is 17.8 Å². The lowest BCUT2D eigenvalue weighted by molar-refractivity contribution is -0.160. The molecule has 3 heterocycles. The number of ether oxygens (including phenoxy) is 2. The summed E-state index contributed by atoms with van der Waals surface area (Å²) < 4.78 is 11.1. The van der Waals surface area contributed by atoms with Gasteiger partial charge < -0.3 is 62.0 Å². The number of fused-ring (bicyclic) bond motifs is 2. The Morgan fingerprint density at radius 1 is 0.855 bits per heavy atom. The molecule has 3 saturated heterocycles. The molecule has 418 valence electrons. The Hall–Kier alpha value is -7.01. The zero-order valence-electron chi connectivity index (χ0n) is 45.0. The zero-order chi connectivity index (χ0) is 56.6. The Morgan fingerprint density at radius 3 is 2.12 bits per heavy atom. The van der Waals surface area contributed by atoms with Gasteiger partial charge in [-0.2, -0.15) is 0 Å². The molecule has 1 aromatic rings. The summed E-state index contributed by atoms with van der Waals surface area (Å²) in [6, 6.07) is -1.67. The first-order valence-electron chi connectivity index (χ1n) is 26.0. The van der Waals surface area contributed by atoms with Crippen molar-refractivity contribution in [2.75, 3.05) is 26.8 Å². The van der Waals surface area contributed by atoms with Gasteiger partial charge in [0.15, 0.2) is 5.78 Å². The van der Waals surface area contributed by atoms with Crippen LogP contribution in [0.25, 0.3) is 0 Å². The Morgan fingerprint density at radius 2 is 1.50 bits per heavy atom. The van der Waals surface area contributed by atoms with Crippen LogP contribution in [-0.4, -0.2) is 161 Å². The molecule has 4 rings (SSSR count). The minimum Gasteiger partial charge on any atom is -0.458 e.